The lowest BCUT2D eigenvalue weighted by Gasteiger charge is -2.12. The van der Waals surface area contributed by atoms with Crippen LogP contribution in [0.4, 0.5) is 13.2 Å². The maximum atomic E-state index is 13.9. The van der Waals surface area contributed by atoms with Crippen LogP contribution < -0.4 is 0 Å². The molecule has 4 nitrogen and oxygen atoms in total. The molecular weight excluding hydrogens is 379 g/mol. The Morgan fingerprint density at radius 1 is 0.966 bits per heavy atom. The number of ether oxygens (including phenoxy) is 1. The first-order valence-corrected chi connectivity index (χ1v) is 8.99. The van der Waals surface area contributed by atoms with Gasteiger partial charge in [-0.15, -0.1) is 0 Å². The quantitative estimate of drug-likeness (QED) is 0.454. The van der Waals surface area contributed by atoms with Gasteiger partial charge in [0.15, 0.2) is 11.3 Å². The average Bonchev–Trinajstić information content (AvgIpc) is 3.06. The highest BCUT2D eigenvalue weighted by molar-refractivity contribution is 5.81. The second-order valence-electron chi connectivity index (χ2n) is 6.75. The lowest BCUT2D eigenvalue weighted by Crippen LogP contribution is -2.14. The molecule has 0 atom stereocenters. The van der Waals surface area contributed by atoms with E-state index in [0.717, 1.165) is 21.7 Å². The van der Waals surface area contributed by atoms with Crippen LogP contribution in [0.25, 0.3) is 28.0 Å². The molecule has 0 aliphatic carbocycles. The predicted octanol–water partition coefficient (Wildman–Crippen LogP) is 5.54. The highest BCUT2D eigenvalue weighted by atomic mass is 19.4. The molecule has 148 valence electrons. The van der Waals surface area contributed by atoms with Crippen LogP contribution in [0, 0.1) is 6.92 Å². The molecule has 0 spiro atoms. The van der Waals surface area contributed by atoms with E-state index in [1.165, 1.54) is 7.11 Å². The van der Waals surface area contributed by atoms with Crippen molar-refractivity contribution in [2.45, 2.75) is 19.7 Å². The maximum absolute atomic E-state index is 13.9. The largest absolute Gasteiger partial charge is 0.433 e. The van der Waals surface area contributed by atoms with E-state index in [1.807, 2.05) is 49.4 Å². The molecular formula is C22H18F3N3O. The monoisotopic (exact) mass is 397 g/mol. The summed E-state index contributed by atoms with van der Waals surface area (Å²) in [4.78, 5) is 4.57. The summed E-state index contributed by atoms with van der Waals surface area (Å²) >= 11 is 0. The summed E-state index contributed by atoms with van der Waals surface area (Å²) in [6.07, 6.45) is -4.59. The summed E-state index contributed by atoms with van der Waals surface area (Å²) in [6, 6.07) is 17.4. The summed E-state index contributed by atoms with van der Waals surface area (Å²) in [5.74, 6) is 0. The van der Waals surface area contributed by atoms with E-state index in [-0.39, 0.29) is 17.9 Å². The van der Waals surface area contributed by atoms with Gasteiger partial charge in [-0.25, -0.2) is 9.50 Å². The summed E-state index contributed by atoms with van der Waals surface area (Å²) in [7, 11) is 1.48. The molecule has 0 aliphatic rings. The van der Waals surface area contributed by atoms with Gasteiger partial charge in [0.2, 0.25) is 0 Å². The number of benzene rings is 2. The number of rotatable bonds is 4. The van der Waals surface area contributed by atoms with Gasteiger partial charge in [-0.3, -0.25) is 0 Å². The number of aryl methyl sites for hydroxylation is 1. The van der Waals surface area contributed by atoms with E-state index in [9.17, 15) is 13.2 Å². The van der Waals surface area contributed by atoms with Crippen LogP contribution in [0.5, 0.6) is 0 Å². The lowest BCUT2D eigenvalue weighted by atomic mass is 10.1. The Hall–Kier alpha value is -3.19. The molecule has 29 heavy (non-hydrogen) atoms. The van der Waals surface area contributed by atoms with Gasteiger partial charge >= 0.3 is 6.18 Å². The molecule has 0 saturated carbocycles. The number of nitrogens with zero attached hydrogens (tertiary/aromatic N) is 3. The average molecular weight is 397 g/mol. The summed E-state index contributed by atoms with van der Waals surface area (Å²) < 4.78 is 47.7. The molecule has 0 amide bonds. The van der Waals surface area contributed by atoms with Crippen molar-refractivity contribution in [1.29, 1.82) is 0 Å². The van der Waals surface area contributed by atoms with Crippen molar-refractivity contribution in [2.24, 2.45) is 0 Å². The molecule has 0 N–H and O–H groups in total. The first-order chi connectivity index (χ1) is 13.9. The smallest absolute Gasteiger partial charge is 0.378 e. The summed E-state index contributed by atoms with van der Waals surface area (Å²) in [6.45, 7) is 1.99. The number of fused-ring (bicyclic) bond motifs is 1. The lowest BCUT2D eigenvalue weighted by molar-refractivity contribution is -0.142. The van der Waals surface area contributed by atoms with E-state index in [0.29, 0.717) is 16.8 Å². The minimum atomic E-state index is -4.59. The molecule has 2 heterocycles. The van der Waals surface area contributed by atoms with Crippen LogP contribution in [0.2, 0.25) is 0 Å². The Labute approximate surface area is 165 Å². The fourth-order valence-electron chi connectivity index (χ4n) is 3.27. The Balaban J connectivity index is 2.07. The van der Waals surface area contributed by atoms with E-state index in [1.54, 1.807) is 12.1 Å². The molecule has 0 aliphatic heterocycles. The molecule has 0 saturated heterocycles. The van der Waals surface area contributed by atoms with Crippen LogP contribution in [0.15, 0.2) is 60.7 Å². The SMILES string of the molecule is COCc1nn2c(C(F)(F)F)cc(-c3ccc(C)cc3)nc2c1-c1ccccc1. The molecule has 0 unspecified atom stereocenters. The van der Waals surface area contributed by atoms with Crippen LogP contribution in [0.1, 0.15) is 17.0 Å². The molecule has 4 aromatic rings. The summed E-state index contributed by atoms with van der Waals surface area (Å²) in [5, 5.41) is 4.20. The van der Waals surface area contributed by atoms with Crippen molar-refractivity contribution in [3.8, 4) is 22.4 Å². The van der Waals surface area contributed by atoms with E-state index < -0.39 is 11.9 Å². The van der Waals surface area contributed by atoms with Gasteiger partial charge in [-0.1, -0.05) is 60.2 Å². The second-order valence-corrected chi connectivity index (χ2v) is 6.75. The predicted molar refractivity (Wildman–Crippen MR) is 104 cm³/mol. The van der Waals surface area contributed by atoms with Gasteiger partial charge in [-0.2, -0.15) is 18.3 Å². The molecule has 2 aromatic carbocycles. The van der Waals surface area contributed by atoms with Crippen molar-refractivity contribution >= 4 is 5.65 Å². The summed E-state index contributed by atoms with van der Waals surface area (Å²) in [5.41, 5.74) is 2.80. The van der Waals surface area contributed by atoms with Crippen molar-refractivity contribution in [1.82, 2.24) is 14.6 Å². The molecule has 2 aromatic heterocycles. The van der Waals surface area contributed by atoms with E-state index in [4.69, 9.17) is 4.74 Å². The molecule has 7 heteroatoms. The number of hydrogen-bond donors (Lipinski definition) is 0. The number of halogens is 3. The van der Waals surface area contributed by atoms with Gasteiger partial charge < -0.3 is 4.74 Å². The van der Waals surface area contributed by atoms with Crippen LogP contribution in [-0.4, -0.2) is 21.7 Å². The van der Waals surface area contributed by atoms with Crippen molar-refractivity contribution in [3.63, 3.8) is 0 Å². The zero-order chi connectivity index (χ0) is 20.6. The van der Waals surface area contributed by atoms with Gasteiger partial charge in [0.1, 0.15) is 0 Å². The Kier molecular flexibility index (Phi) is 4.84. The number of hydrogen-bond acceptors (Lipinski definition) is 3. The topological polar surface area (TPSA) is 39.4 Å². The highest BCUT2D eigenvalue weighted by Crippen LogP contribution is 2.36. The maximum Gasteiger partial charge on any atom is 0.433 e. The Morgan fingerprint density at radius 2 is 1.66 bits per heavy atom. The van der Waals surface area contributed by atoms with Crippen LogP contribution in [0.3, 0.4) is 0 Å². The fraction of sp³-hybridized carbons (Fsp3) is 0.182. The normalized spacial score (nSPS) is 11.9. The van der Waals surface area contributed by atoms with E-state index >= 15 is 0 Å². The molecule has 0 fully saturated rings. The van der Waals surface area contributed by atoms with Crippen molar-refractivity contribution in [3.05, 3.63) is 77.6 Å². The first kappa shape index (κ1) is 19.1. The number of alkyl halides is 3. The molecule has 0 radical (unpaired) electrons. The third kappa shape index (κ3) is 3.61. The molecule has 4 rings (SSSR count). The van der Waals surface area contributed by atoms with Gasteiger partial charge in [0.25, 0.3) is 0 Å². The zero-order valence-electron chi connectivity index (χ0n) is 15.9. The molecule has 0 bridgehead atoms. The van der Waals surface area contributed by atoms with Crippen LogP contribution in [-0.2, 0) is 17.5 Å². The van der Waals surface area contributed by atoms with Gasteiger partial charge in [-0.05, 0) is 18.6 Å². The van der Waals surface area contributed by atoms with Crippen molar-refractivity contribution < 1.29 is 17.9 Å². The van der Waals surface area contributed by atoms with E-state index in [2.05, 4.69) is 10.1 Å². The Bertz CT molecular complexity index is 1150. The van der Waals surface area contributed by atoms with Gasteiger partial charge in [0.05, 0.1) is 23.6 Å². The van der Waals surface area contributed by atoms with Gasteiger partial charge in [0, 0.05) is 12.7 Å². The third-order valence-corrected chi connectivity index (χ3v) is 4.64. The fourth-order valence-corrected chi connectivity index (χ4v) is 3.27. The standard InChI is InChI=1S/C22H18F3N3O/c1-14-8-10-15(11-9-14)17-12-19(22(23,24)25)28-21(26-17)20(18(27-28)13-29-2)16-6-4-3-5-7-16/h3-12H,13H2,1-2H3. The Morgan fingerprint density at radius 3 is 2.28 bits per heavy atom. The van der Waals surface area contributed by atoms with Crippen molar-refractivity contribution in [2.75, 3.05) is 7.11 Å². The number of aromatic nitrogens is 3. The third-order valence-electron chi connectivity index (χ3n) is 4.64. The van der Waals surface area contributed by atoms with Crippen LogP contribution >= 0.6 is 0 Å². The number of methoxy groups -OCH3 is 1. The second kappa shape index (κ2) is 7.33. The minimum Gasteiger partial charge on any atom is -0.378 e. The first-order valence-electron chi connectivity index (χ1n) is 8.99. The minimum absolute atomic E-state index is 0.0742. The highest BCUT2D eigenvalue weighted by Gasteiger charge is 2.36. The zero-order valence-corrected chi connectivity index (χ0v) is 15.9.